The Morgan fingerprint density at radius 2 is 1.27 bits per heavy atom. The number of hydrogen-bond acceptors (Lipinski definition) is 8. The van der Waals surface area contributed by atoms with Gasteiger partial charge in [-0.15, -0.1) is 0 Å². The van der Waals surface area contributed by atoms with Gasteiger partial charge in [0.1, 0.15) is 23.6 Å². The fourth-order valence-electron chi connectivity index (χ4n) is 3.29. The zero-order valence-electron chi connectivity index (χ0n) is 20.2. The van der Waals surface area contributed by atoms with Crippen LogP contribution in [0.25, 0.3) is 0 Å². The number of nitrogens with two attached hydrogens (primary N) is 1. The lowest BCUT2D eigenvalue weighted by Crippen LogP contribution is -2.52. The van der Waals surface area contributed by atoms with Gasteiger partial charge in [-0.25, -0.2) is 0 Å². The lowest BCUT2D eigenvalue weighted by molar-refractivity contribution is -0.142. The normalized spacial score (nSPS) is 12.0. The number of rotatable bonds is 13. The van der Waals surface area contributed by atoms with Crippen molar-refractivity contribution in [2.24, 2.45) is 5.73 Å². The first-order valence-corrected chi connectivity index (χ1v) is 11.4. The molecule has 198 valence electrons. The van der Waals surface area contributed by atoms with E-state index in [1.165, 1.54) is 31.4 Å². The van der Waals surface area contributed by atoms with Gasteiger partial charge in [-0.2, -0.15) is 0 Å². The number of amides is 4. The highest BCUT2D eigenvalue weighted by atomic mass is 16.5. The number of carbonyl (C=O) groups excluding carboxylic acids is 5. The van der Waals surface area contributed by atoms with Crippen molar-refractivity contribution in [3.8, 4) is 11.5 Å². The highest BCUT2D eigenvalue weighted by molar-refractivity contribution is 5.92. The van der Waals surface area contributed by atoms with Crippen LogP contribution in [0, 0.1) is 0 Å². The molecule has 0 aliphatic carbocycles. The van der Waals surface area contributed by atoms with Crippen molar-refractivity contribution >= 4 is 29.6 Å². The maximum absolute atomic E-state index is 12.8. The van der Waals surface area contributed by atoms with Crippen LogP contribution in [0.15, 0.2) is 48.5 Å². The van der Waals surface area contributed by atoms with Gasteiger partial charge in [0.05, 0.1) is 20.1 Å². The molecule has 0 unspecified atom stereocenters. The van der Waals surface area contributed by atoms with Gasteiger partial charge >= 0.3 is 5.97 Å². The smallest absolute Gasteiger partial charge is 0.306 e. The topological polar surface area (TPSA) is 197 Å². The van der Waals surface area contributed by atoms with E-state index in [-0.39, 0.29) is 37.2 Å². The van der Waals surface area contributed by atoms with Gasteiger partial charge in [-0.05, 0) is 35.4 Å². The molecular formula is C25H30N4O8. The Labute approximate surface area is 213 Å². The molecule has 12 heteroatoms. The molecule has 0 saturated heterocycles. The zero-order valence-corrected chi connectivity index (χ0v) is 20.2. The number of phenolic OH excluding ortho intramolecular Hbond substituents is 2. The molecule has 0 heterocycles. The van der Waals surface area contributed by atoms with Crippen molar-refractivity contribution in [3.05, 3.63) is 59.7 Å². The van der Waals surface area contributed by atoms with E-state index in [4.69, 9.17) is 5.73 Å². The molecule has 0 fully saturated rings. The largest absolute Gasteiger partial charge is 0.508 e. The Hall–Kier alpha value is -4.61. The second kappa shape index (κ2) is 14.1. The van der Waals surface area contributed by atoms with E-state index in [9.17, 15) is 34.2 Å². The first-order chi connectivity index (χ1) is 17.6. The van der Waals surface area contributed by atoms with E-state index in [0.29, 0.717) is 11.1 Å². The summed E-state index contributed by atoms with van der Waals surface area (Å²) in [6.45, 7) is -0.498. The Kier molecular flexibility index (Phi) is 10.9. The number of ether oxygens (including phenoxy) is 1. The van der Waals surface area contributed by atoms with Crippen LogP contribution < -0.4 is 21.7 Å². The summed E-state index contributed by atoms with van der Waals surface area (Å²) < 4.78 is 4.51. The predicted octanol–water partition coefficient (Wildman–Crippen LogP) is -0.593. The molecule has 0 bridgehead atoms. The fourth-order valence-corrected chi connectivity index (χ4v) is 3.29. The summed E-state index contributed by atoms with van der Waals surface area (Å²) in [5, 5.41) is 26.3. The summed E-state index contributed by atoms with van der Waals surface area (Å²) in [5.74, 6) is -3.22. The average molecular weight is 515 g/mol. The molecule has 12 nitrogen and oxygen atoms in total. The summed E-state index contributed by atoms with van der Waals surface area (Å²) in [5.41, 5.74) is 6.66. The average Bonchev–Trinajstić information content (AvgIpc) is 2.87. The van der Waals surface area contributed by atoms with Crippen molar-refractivity contribution in [2.75, 3.05) is 13.7 Å². The van der Waals surface area contributed by atoms with Crippen molar-refractivity contribution in [1.82, 2.24) is 16.0 Å². The SMILES string of the molecule is COC(=O)CCC(=O)N[C@@H](Cc1ccc(O)cc1)C(=O)NCC(=O)N[C@@H](Cc1ccc(O)cc1)C(N)=O. The molecule has 0 aliphatic rings. The van der Waals surface area contributed by atoms with Crippen molar-refractivity contribution in [3.63, 3.8) is 0 Å². The first kappa shape index (κ1) is 28.6. The number of benzene rings is 2. The van der Waals surface area contributed by atoms with Crippen molar-refractivity contribution < 1.29 is 38.9 Å². The minimum atomic E-state index is -1.09. The highest BCUT2D eigenvalue weighted by Gasteiger charge is 2.24. The Morgan fingerprint density at radius 1 is 0.784 bits per heavy atom. The molecule has 37 heavy (non-hydrogen) atoms. The predicted molar refractivity (Wildman–Crippen MR) is 131 cm³/mol. The summed E-state index contributed by atoms with van der Waals surface area (Å²) in [4.78, 5) is 60.7. The zero-order chi connectivity index (χ0) is 27.4. The number of methoxy groups -OCH3 is 1. The van der Waals surface area contributed by atoms with Crippen LogP contribution >= 0.6 is 0 Å². The molecule has 0 aromatic heterocycles. The summed E-state index contributed by atoms with van der Waals surface area (Å²) >= 11 is 0. The van der Waals surface area contributed by atoms with E-state index in [1.54, 1.807) is 24.3 Å². The standard InChI is InChI=1S/C25H30N4O8/c1-37-23(34)11-10-21(32)29-20(13-16-4-8-18(31)9-5-16)25(36)27-14-22(33)28-19(24(26)35)12-15-2-6-17(30)7-3-15/h2-9,19-20,30-31H,10-14H2,1H3,(H2,26,35)(H,27,36)(H,28,33)(H,29,32)/t19-,20-/m0/s1. The molecule has 0 spiro atoms. The second-order valence-corrected chi connectivity index (χ2v) is 8.18. The van der Waals surface area contributed by atoms with Gasteiger partial charge < -0.3 is 36.6 Å². The lowest BCUT2D eigenvalue weighted by atomic mass is 10.0. The molecule has 0 saturated carbocycles. The Morgan fingerprint density at radius 3 is 1.76 bits per heavy atom. The molecule has 4 amide bonds. The van der Waals surface area contributed by atoms with Gasteiger partial charge in [-0.3, -0.25) is 24.0 Å². The van der Waals surface area contributed by atoms with E-state index in [1.807, 2.05) is 0 Å². The van der Waals surface area contributed by atoms with Crippen LogP contribution in [0.2, 0.25) is 0 Å². The number of esters is 1. The van der Waals surface area contributed by atoms with E-state index >= 15 is 0 Å². The quantitative estimate of drug-likeness (QED) is 0.191. The lowest BCUT2D eigenvalue weighted by Gasteiger charge is -2.20. The molecule has 2 atom stereocenters. The third-order valence-corrected chi connectivity index (χ3v) is 5.29. The molecule has 2 rings (SSSR count). The third-order valence-electron chi connectivity index (χ3n) is 5.29. The maximum Gasteiger partial charge on any atom is 0.306 e. The first-order valence-electron chi connectivity index (χ1n) is 11.4. The van der Waals surface area contributed by atoms with Gasteiger partial charge in [0.2, 0.25) is 23.6 Å². The number of primary amides is 1. The van der Waals surface area contributed by atoms with Gasteiger partial charge in [0.15, 0.2) is 0 Å². The highest BCUT2D eigenvalue weighted by Crippen LogP contribution is 2.12. The number of phenols is 2. The minimum Gasteiger partial charge on any atom is -0.508 e. The monoisotopic (exact) mass is 514 g/mol. The number of nitrogens with one attached hydrogen (secondary N) is 3. The van der Waals surface area contributed by atoms with Crippen LogP contribution in [0.4, 0.5) is 0 Å². The maximum atomic E-state index is 12.8. The van der Waals surface area contributed by atoms with Crippen LogP contribution in [-0.4, -0.2) is 65.5 Å². The van der Waals surface area contributed by atoms with E-state index < -0.39 is 48.2 Å². The van der Waals surface area contributed by atoms with Gasteiger partial charge in [-0.1, -0.05) is 24.3 Å². The summed E-state index contributed by atoms with van der Waals surface area (Å²) in [7, 11) is 1.19. The van der Waals surface area contributed by atoms with E-state index in [0.717, 1.165) is 0 Å². The van der Waals surface area contributed by atoms with Crippen LogP contribution in [0.1, 0.15) is 24.0 Å². The third kappa shape index (κ3) is 10.3. The minimum absolute atomic E-state index is 0.0276. The molecule has 2 aromatic rings. The molecular weight excluding hydrogens is 484 g/mol. The van der Waals surface area contributed by atoms with Crippen molar-refractivity contribution in [2.45, 2.75) is 37.8 Å². The van der Waals surface area contributed by atoms with Gasteiger partial charge in [0, 0.05) is 19.3 Å². The van der Waals surface area contributed by atoms with Crippen molar-refractivity contribution in [1.29, 1.82) is 0 Å². The van der Waals surface area contributed by atoms with Crippen LogP contribution in [-0.2, 0) is 41.6 Å². The molecule has 0 aliphatic heterocycles. The summed E-state index contributed by atoms with van der Waals surface area (Å²) in [6.07, 6.45) is -0.255. The fraction of sp³-hybridized carbons (Fsp3) is 0.320. The number of aromatic hydroxyl groups is 2. The molecule has 2 aromatic carbocycles. The Balaban J connectivity index is 1.99. The molecule has 0 radical (unpaired) electrons. The number of hydrogen-bond donors (Lipinski definition) is 6. The second-order valence-electron chi connectivity index (χ2n) is 8.18. The molecule has 7 N–H and O–H groups in total. The Bertz CT molecular complexity index is 1100. The van der Waals surface area contributed by atoms with Crippen LogP contribution in [0.3, 0.4) is 0 Å². The van der Waals surface area contributed by atoms with Crippen LogP contribution in [0.5, 0.6) is 11.5 Å². The summed E-state index contributed by atoms with van der Waals surface area (Å²) in [6, 6.07) is 9.88. The van der Waals surface area contributed by atoms with Gasteiger partial charge in [0.25, 0.3) is 0 Å². The van der Waals surface area contributed by atoms with E-state index in [2.05, 4.69) is 20.7 Å². The number of carbonyl (C=O) groups is 5.